The number of rotatable bonds is 10. The molecule has 2 N–H and O–H groups in total. The van der Waals surface area contributed by atoms with Crippen LogP contribution >= 0.6 is 7.60 Å². The predicted octanol–water partition coefficient (Wildman–Crippen LogP) is 1.22. The van der Waals surface area contributed by atoms with Crippen LogP contribution in [0.1, 0.15) is 40.5 Å². The highest BCUT2D eigenvalue weighted by molar-refractivity contribution is 7.52. The van der Waals surface area contributed by atoms with Gasteiger partial charge in [-0.3, -0.25) is 18.9 Å². The van der Waals surface area contributed by atoms with Gasteiger partial charge in [0, 0.05) is 37.8 Å². The van der Waals surface area contributed by atoms with Crippen LogP contribution in [-0.4, -0.2) is 51.4 Å². The Hall–Kier alpha value is -1.04. The zero-order chi connectivity index (χ0) is 17.5. The highest BCUT2D eigenvalue weighted by Crippen LogP contribution is 2.34. The molecule has 0 atom stereocenters. The van der Waals surface area contributed by atoms with E-state index in [4.69, 9.17) is 9.79 Å². The largest absolute Gasteiger partial charge is 0.341 e. The van der Waals surface area contributed by atoms with E-state index in [9.17, 15) is 18.9 Å². The second-order valence-electron chi connectivity index (χ2n) is 5.95. The number of Topliss-reactive ketones (excluding diaryl/α,β-unsaturated/α-hetero) is 2. The summed E-state index contributed by atoms with van der Waals surface area (Å²) in [5.41, 5.74) is 0. The van der Waals surface area contributed by atoms with E-state index >= 15 is 0 Å². The molecular formula is C14H26NO6P. The Bertz CT molecular complexity index is 430. The number of nitrogens with zero attached hydrogens (tertiary/aromatic N) is 1. The van der Waals surface area contributed by atoms with E-state index in [1.54, 1.807) is 27.7 Å². The van der Waals surface area contributed by atoms with Gasteiger partial charge in [-0.05, 0) is 0 Å². The Morgan fingerprint density at radius 2 is 1.27 bits per heavy atom. The summed E-state index contributed by atoms with van der Waals surface area (Å²) < 4.78 is 11.0. The molecule has 0 aromatic rings. The van der Waals surface area contributed by atoms with Crippen molar-refractivity contribution in [1.82, 2.24) is 4.90 Å². The maximum absolute atomic E-state index is 11.9. The first kappa shape index (κ1) is 21.0. The average molecular weight is 335 g/mol. The predicted molar refractivity (Wildman–Crippen MR) is 82.4 cm³/mol. The van der Waals surface area contributed by atoms with Crippen LogP contribution in [0, 0.1) is 11.8 Å². The molecule has 0 fully saturated rings. The third-order valence-corrected chi connectivity index (χ3v) is 3.92. The van der Waals surface area contributed by atoms with Crippen molar-refractivity contribution in [2.45, 2.75) is 40.5 Å². The van der Waals surface area contributed by atoms with Crippen LogP contribution in [0.4, 0.5) is 0 Å². The summed E-state index contributed by atoms with van der Waals surface area (Å²) in [6, 6.07) is 0. The van der Waals surface area contributed by atoms with Crippen LogP contribution in [0.15, 0.2) is 0 Å². The van der Waals surface area contributed by atoms with E-state index in [0.717, 1.165) is 0 Å². The van der Waals surface area contributed by atoms with Crippen molar-refractivity contribution in [3.63, 3.8) is 0 Å². The molecule has 0 spiro atoms. The summed E-state index contributed by atoms with van der Waals surface area (Å²) in [4.78, 5) is 54.2. The molecule has 7 nitrogen and oxygen atoms in total. The normalized spacial score (nSPS) is 11.8. The number of carbonyl (C=O) groups excluding carboxylic acids is 3. The lowest BCUT2D eigenvalue weighted by molar-refractivity contribution is -0.130. The Kier molecular flexibility index (Phi) is 8.74. The van der Waals surface area contributed by atoms with Crippen molar-refractivity contribution in [3.05, 3.63) is 0 Å². The van der Waals surface area contributed by atoms with E-state index in [1.807, 2.05) is 0 Å². The van der Waals surface area contributed by atoms with Gasteiger partial charge in [0.1, 0.15) is 17.7 Å². The first-order chi connectivity index (χ1) is 9.94. The highest BCUT2D eigenvalue weighted by atomic mass is 31.2. The lowest BCUT2D eigenvalue weighted by Gasteiger charge is -2.23. The van der Waals surface area contributed by atoms with Gasteiger partial charge < -0.3 is 14.7 Å². The molecule has 22 heavy (non-hydrogen) atoms. The molecule has 0 unspecified atom stereocenters. The van der Waals surface area contributed by atoms with Gasteiger partial charge in [-0.1, -0.05) is 27.7 Å². The average Bonchev–Trinajstić information content (AvgIpc) is 2.35. The first-order valence-electron chi connectivity index (χ1n) is 7.31. The molecule has 0 saturated heterocycles. The summed E-state index contributed by atoms with van der Waals surface area (Å²) >= 11 is 0. The molecule has 1 amide bonds. The molecule has 0 bridgehead atoms. The van der Waals surface area contributed by atoms with Gasteiger partial charge in [0.15, 0.2) is 0 Å². The molecule has 0 aliphatic heterocycles. The summed E-state index contributed by atoms with van der Waals surface area (Å²) in [5.74, 6) is -1.15. The van der Waals surface area contributed by atoms with Crippen molar-refractivity contribution < 1.29 is 28.7 Å². The number of hydrogen-bond acceptors (Lipinski definition) is 4. The molecule has 0 rings (SSSR count). The van der Waals surface area contributed by atoms with Gasteiger partial charge in [-0.2, -0.15) is 0 Å². The minimum Gasteiger partial charge on any atom is -0.341 e. The van der Waals surface area contributed by atoms with Gasteiger partial charge in [-0.25, -0.2) is 0 Å². The lowest BCUT2D eigenvalue weighted by Crippen LogP contribution is -2.37. The van der Waals surface area contributed by atoms with E-state index in [0.29, 0.717) is 0 Å². The molecule has 0 aromatic carbocycles. The molecule has 0 radical (unpaired) electrons. The minimum atomic E-state index is -4.47. The van der Waals surface area contributed by atoms with Crippen molar-refractivity contribution in [3.8, 4) is 0 Å². The zero-order valence-electron chi connectivity index (χ0n) is 13.6. The maximum Gasteiger partial charge on any atom is 0.334 e. The zero-order valence-corrected chi connectivity index (χ0v) is 14.5. The van der Waals surface area contributed by atoms with E-state index in [-0.39, 0.29) is 49.3 Å². The molecule has 0 aliphatic carbocycles. The Balaban J connectivity index is 4.75. The van der Waals surface area contributed by atoms with Gasteiger partial charge >= 0.3 is 7.60 Å². The first-order valence-corrected chi connectivity index (χ1v) is 9.11. The fourth-order valence-electron chi connectivity index (χ4n) is 1.71. The van der Waals surface area contributed by atoms with E-state index < -0.39 is 19.7 Å². The second-order valence-corrected chi connectivity index (χ2v) is 7.59. The number of carbonyl (C=O) groups is 3. The Labute approximate surface area is 131 Å². The number of ketones is 2. The van der Waals surface area contributed by atoms with Crippen molar-refractivity contribution in [2.24, 2.45) is 11.8 Å². The van der Waals surface area contributed by atoms with Gasteiger partial charge in [0.05, 0.1) is 0 Å². The number of amides is 1. The second kappa shape index (κ2) is 9.18. The van der Waals surface area contributed by atoms with E-state index in [1.165, 1.54) is 4.90 Å². The van der Waals surface area contributed by atoms with Crippen LogP contribution in [0.2, 0.25) is 0 Å². The quantitative estimate of drug-likeness (QED) is 0.581. The number of hydrogen-bond donors (Lipinski definition) is 2. The van der Waals surface area contributed by atoms with Gasteiger partial charge in [0.2, 0.25) is 5.91 Å². The topological polar surface area (TPSA) is 112 Å². The molecular weight excluding hydrogens is 309 g/mol. The summed E-state index contributed by atoms with van der Waals surface area (Å²) in [7, 11) is -4.47. The SMILES string of the molecule is CC(C)C(=O)CCN(CCC(=O)C(C)C)C(=O)CP(=O)(O)O. The third-order valence-electron chi connectivity index (χ3n) is 3.24. The molecule has 8 heteroatoms. The standard InChI is InChI=1S/C14H26NO6P/c1-10(2)12(16)5-7-15(8-6-13(17)11(3)4)14(18)9-22(19,20)21/h10-11H,5-9H2,1-4H3,(H2,19,20,21). The Morgan fingerprint density at radius 3 is 1.55 bits per heavy atom. The molecule has 128 valence electrons. The van der Waals surface area contributed by atoms with Gasteiger partial charge in [0.25, 0.3) is 0 Å². The minimum absolute atomic E-state index is 0.0378. The fraction of sp³-hybridized carbons (Fsp3) is 0.786. The Morgan fingerprint density at radius 1 is 0.909 bits per heavy atom. The van der Waals surface area contributed by atoms with Crippen molar-refractivity contribution in [2.75, 3.05) is 19.3 Å². The van der Waals surface area contributed by atoms with Crippen LogP contribution in [0.3, 0.4) is 0 Å². The summed E-state index contributed by atoms with van der Waals surface area (Å²) in [6.45, 7) is 7.11. The monoisotopic (exact) mass is 335 g/mol. The molecule has 0 aromatic heterocycles. The van der Waals surface area contributed by atoms with Crippen LogP contribution in [0.25, 0.3) is 0 Å². The third kappa shape index (κ3) is 9.07. The smallest absolute Gasteiger partial charge is 0.334 e. The maximum atomic E-state index is 11.9. The molecule has 0 saturated carbocycles. The molecule has 0 aliphatic rings. The van der Waals surface area contributed by atoms with Crippen LogP contribution < -0.4 is 0 Å². The summed E-state index contributed by atoms with van der Waals surface area (Å²) in [5, 5.41) is 0. The molecule has 0 heterocycles. The lowest BCUT2D eigenvalue weighted by atomic mass is 10.0. The fourth-order valence-corrected chi connectivity index (χ4v) is 2.26. The van der Waals surface area contributed by atoms with Crippen molar-refractivity contribution in [1.29, 1.82) is 0 Å². The van der Waals surface area contributed by atoms with E-state index in [2.05, 4.69) is 0 Å². The van der Waals surface area contributed by atoms with Crippen LogP contribution in [-0.2, 0) is 18.9 Å². The van der Waals surface area contributed by atoms with Crippen LogP contribution in [0.5, 0.6) is 0 Å². The van der Waals surface area contributed by atoms with Gasteiger partial charge in [-0.15, -0.1) is 0 Å². The van der Waals surface area contributed by atoms with Crippen molar-refractivity contribution >= 4 is 25.1 Å². The highest BCUT2D eigenvalue weighted by Gasteiger charge is 2.25. The summed E-state index contributed by atoms with van der Waals surface area (Å²) in [6.07, 6.45) is -0.681.